The molecule has 2 aliphatic carbocycles. The fraction of sp³-hybridized carbons (Fsp3) is 0.500. The van der Waals surface area contributed by atoms with Crippen molar-refractivity contribution in [1.29, 1.82) is 0 Å². The van der Waals surface area contributed by atoms with Crippen molar-refractivity contribution in [3.63, 3.8) is 0 Å². The first-order chi connectivity index (χ1) is 30.6. The van der Waals surface area contributed by atoms with E-state index in [4.69, 9.17) is 28.4 Å². The second-order valence-electron chi connectivity index (χ2n) is 19.6. The lowest BCUT2D eigenvalue weighted by atomic mass is 9.77. The Kier molecular flexibility index (Phi) is 11.7. The normalized spacial score (nSPS) is 24.3. The first kappa shape index (κ1) is 45.8. The van der Waals surface area contributed by atoms with Gasteiger partial charge in [0.25, 0.3) is 5.91 Å². The van der Waals surface area contributed by atoms with Gasteiger partial charge in [-0.15, -0.1) is 0 Å². The maximum Gasteiger partial charge on any atom is 0.339 e. The first-order valence-electron chi connectivity index (χ1n) is 22.1. The summed E-state index contributed by atoms with van der Waals surface area (Å²) in [6.45, 7) is 11.3. The molecule has 65 heavy (non-hydrogen) atoms. The Labute approximate surface area is 378 Å². The monoisotopic (exact) mass is 894 g/mol. The van der Waals surface area contributed by atoms with Gasteiger partial charge in [0.2, 0.25) is 6.79 Å². The van der Waals surface area contributed by atoms with Crippen LogP contribution in [0.25, 0.3) is 0 Å². The molecule has 3 aromatic carbocycles. The second kappa shape index (κ2) is 16.6. The highest BCUT2D eigenvalue weighted by atomic mass is 16.7. The summed E-state index contributed by atoms with van der Waals surface area (Å²) < 4.78 is 35.1. The number of aliphatic hydroxyl groups is 2. The molecule has 1 spiro atoms. The maximum absolute atomic E-state index is 14.3. The van der Waals surface area contributed by atoms with Crippen LogP contribution in [0.1, 0.15) is 129 Å². The van der Waals surface area contributed by atoms with Gasteiger partial charge in [0, 0.05) is 35.0 Å². The van der Waals surface area contributed by atoms with Gasteiger partial charge >= 0.3 is 17.9 Å². The molecular formula is C50H58N2O13. The summed E-state index contributed by atoms with van der Waals surface area (Å²) in [5.41, 5.74) is -1.27. The molecule has 1 saturated heterocycles. The van der Waals surface area contributed by atoms with Gasteiger partial charge in [-0.1, -0.05) is 6.07 Å². The molecule has 2 unspecified atom stereocenters. The standard InChI is InChI=1S/C50H58N2O13/c1-46(2,58)17-9-19-50(59,26-39(53)61-8)45(57)65-41-37(60-7)25-49-18-10-20-52(49)38(23-30-22-35-36(63-27-62-35)24-32(30)40(41)49)64-43(55)28-11-14-31(15-12-28)51-42(54)29-13-16-33-34(21-29)48(5,6)44(56)47(33,3)4/h11-16,21-22,24-25,38,40-41,58-59H,9-10,17-20,23,26-27H2,1-8H3,(H,51,54)/t38?,40-,41-,49+,50?/m1/s1. The molecule has 0 radical (unpaired) electrons. The lowest BCUT2D eigenvalue weighted by Crippen LogP contribution is -2.53. The minimum Gasteiger partial charge on any atom is -0.497 e. The average Bonchev–Trinajstić information content (AvgIpc) is 3.99. The van der Waals surface area contributed by atoms with E-state index in [-0.39, 0.29) is 49.7 Å². The van der Waals surface area contributed by atoms with Crippen molar-refractivity contribution in [3.8, 4) is 11.5 Å². The Morgan fingerprint density at radius 2 is 1.55 bits per heavy atom. The zero-order valence-electron chi connectivity index (χ0n) is 38.2. The lowest BCUT2D eigenvalue weighted by molar-refractivity contribution is -0.179. The Morgan fingerprint density at radius 1 is 0.877 bits per heavy atom. The quantitative estimate of drug-likeness (QED) is 0.130. The number of anilines is 1. The van der Waals surface area contributed by atoms with Crippen molar-refractivity contribution >= 4 is 35.3 Å². The fourth-order valence-electron chi connectivity index (χ4n) is 10.7. The molecule has 15 nitrogen and oxygen atoms in total. The molecule has 3 N–H and O–H groups in total. The third-order valence-corrected chi connectivity index (χ3v) is 14.0. The van der Waals surface area contributed by atoms with Crippen LogP contribution in [-0.4, -0.2) is 101 Å². The molecule has 3 aliphatic heterocycles. The summed E-state index contributed by atoms with van der Waals surface area (Å²) in [5.74, 6) is -2.01. The molecule has 5 atom stereocenters. The number of methoxy groups -OCH3 is 2. The van der Waals surface area contributed by atoms with Gasteiger partial charge in [0.15, 0.2) is 35.2 Å². The van der Waals surface area contributed by atoms with Gasteiger partial charge in [-0.05, 0) is 151 Å². The molecule has 3 heterocycles. The van der Waals surface area contributed by atoms with E-state index in [2.05, 4.69) is 10.2 Å². The zero-order chi connectivity index (χ0) is 46.9. The summed E-state index contributed by atoms with van der Waals surface area (Å²) in [4.78, 5) is 69.7. The van der Waals surface area contributed by atoms with Gasteiger partial charge in [-0.3, -0.25) is 19.3 Å². The molecule has 0 bridgehead atoms. The molecule has 3 aromatic rings. The van der Waals surface area contributed by atoms with E-state index < -0.39 is 70.1 Å². The summed E-state index contributed by atoms with van der Waals surface area (Å²) in [6.07, 6.45) is 1.14. The third kappa shape index (κ3) is 8.16. The minimum absolute atomic E-state index is 0.00502. The molecular weight excluding hydrogens is 837 g/mol. The molecule has 15 heteroatoms. The number of hydrogen-bond acceptors (Lipinski definition) is 14. The Morgan fingerprint density at radius 3 is 2.23 bits per heavy atom. The molecule has 8 rings (SSSR count). The van der Waals surface area contributed by atoms with Crippen LogP contribution in [0.3, 0.4) is 0 Å². The SMILES string of the molecule is COC(=O)CC(O)(CCCC(C)(C)O)C(=O)O[C@@H]1C(OC)=C[C@]23CCCN2C(OC(=O)c2ccc(NC(=O)c4ccc5c(c4)C(C)(C)C(=O)C5(C)C)cc2)Cc2cc4c(cc2[C@H]13)OCO4. The largest absolute Gasteiger partial charge is 0.497 e. The topological polar surface area (TPSA) is 196 Å². The Hall–Kier alpha value is -5.77. The minimum atomic E-state index is -2.28. The first-order valence-corrected chi connectivity index (χ1v) is 22.1. The van der Waals surface area contributed by atoms with Gasteiger partial charge in [-0.25, -0.2) is 9.59 Å². The van der Waals surface area contributed by atoms with Gasteiger partial charge < -0.3 is 44.0 Å². The number of esters is 3. The number of hydrogen-bond donors (Lipinski definition) is 3. The number of carbonyl (C=O) groups is 5. The van der Waals surface area contributed by atoms with E-state index in [0.717, 1.165) is 22.3 Å². The number of carbonyl (C=O) groups excluding carboxylic acids is 5. The van der Waals surface area contributed by atoms with Crippen molar-refractivity contribution in [1.82, 2.24) is 4.90 Å². The van der Waals surface area contributed by atoms with Gasteiger partial charge in [0.05, 0.1) is 43.3 Å². The van der Waals surface area contributed by atoms with Crippen LogP contribution < -0.4 is 14.8 Å². The number of fused-ring (bicyclic) bond motifs is 4. The van der Waals surface area contributed by atoms with Crippen molar-refractivity contribution in [2.75, 3.05) is 32.9 Å². The maximum atomic E-state index is 14.3. The van der Waals surface area contributed by atoms with Gasteiger partial charge in [0.1, 0.15) is 5.76 Å². The predicted molar refractivity (Wildman–Crippen MR) is 235 cm³/mol. The van der Waals surface area contributed by atoms with E-state index in [9.17, 15) is 34.2 Å². The van der Waals surface area contributed by atoms with Crippen molar-refractivity contribution in [2.45, 2.75) is 132 Å². The number of nitrogens with zero attached hydrogens (tertiary/aromatic N) is 1. The molecule has 1 amide bonds. The van der Waals surface area contributed by atoms with Crippen LogP contribution in [0.15, 0.2) is 66.4 Å². The number of rotatable bonds is 13. The van der Waals surface area contributed by atoms with Gasteiger partial charge in [-0.2, -0.15) is 0 Å². The number of Topliss-reactive ketones (excluding diaryl/α,β-unsaturated/α-hetero) is 1. The predicted octanol–water partition coefficient (Wildman–Crippen LogP) is 6.15. The number of nitrogens with one attached hydrogen (secondary N) is 1. The molecule has 0 aromatic heterocycles. The third-order valence-electron chi connectivity index (χ3n) is 14.0. The molecule has 1 fully saturated rings. The molecule has 346 valence electrons. The van der Waals surface area contributed by atoms with Crippen LogP contribution in [0.2, 0.25) is 0 Å². The number of ether oxygens (including phenoxy) is 6. The fourth-order valence-corrected chi connectivity index (χ4v) is 10.7. The second-order valence-corrected chi connectivity index (χ2v) is 19.6. The van der Waals surface area contributed by atoms with Crippen molar-refractivity contribution in [3.05, 3.63) is 99.8 Å². The van der Waals surface area contributed by atoms with Crippen molar-refractivity contribution in [2.24, 2.45) is 0 Å². The highest BCUT2D eigenvalue weighted by Gasteiger charge is 2.61. The summed E-state index contributed by atoms with van der Waals surface area (Å²) in [5, 5.41) is 25.1. The average molecular weight is 895 g/mol. The van der Waals surface area contributed by atoms with Crippen LogP contribution in [0.4, 0.5) is 5.69 Å². The summed E-state index contributed by atoms with van der Waals surface area (Å²) >= 11 is 0. The van der Waals surface area contributed by atoms with Crippen LogP contribution >= 0.6 is 0 Å². The van der Waals surface area contributed by atoms with Crippen molar-refractivity contribution < 1.29 is 62.6 Å². The van der Waals surface area contributed by atoms with E-state index in [1.54, 1.807) is 50.2 Å². The van der Waals surface area contributed by atoms with Crippen LogP contribution in [0.5, 0.6) is 11.5 Å². The summed E-state index contributed by atoms with van der Waals surface area (Å²) in [7, 11) is 2.64. The van der Waals surface area contributed by atoms with E-state index in [0.29, 0.717) is 47.9 Å². The van der Waals surface area contributed by atoms with E-state index in [1.807, 2.05) is 52.0 Å². The van der Waals surface area contributed by atoms with E-state index in [1.165, 1.54) is 14.2 Å². The number of amides is 1. The lowest BCUT2D eigenvalue weighted by Gasteiger charge is -2.42. The number of benzene rings is 3. The van der Waals surface area contributed by atoms with E-state index >= 15 is 0 Å². The molecule has 5 aliphatic rings. The van der Waals surface area contributed by atoms with Crippen LogP contribution in [-0.2, 0) is 50.6 Å². The van der Waals surface area contributed by atoms with Crippen LogP contribution in [0, 0.1) is 0 Å². The zero-order valence-corrected chi connectivity index (χ0v) is 38.2. The highest BCUT2D eigenvalue weighted by Crippen LogP contribution is 2.57. The Balaban J connectivity index is 1.05. The smallest absolute Gasteiger partial charge is 0.339 e. The highest BCUT2D eigenvalue weighted by molar-refractivity contribution is 6.07. The Bertz CT molecular complexity index is 2470. The summed E-state index contributed by atoms with van der Waals surface area (Å²) in [6, 6.07) is 15.5. The number of ketones is 1. The molecule has 0 saturated carbocycles.